The van der Waals surface area contributed by atoms with Crippen LogP contribution in [0, 0.1) is 0 Å². The summed E-state index contributed by atoms with van der Waals surface area (Å²) >= 11 is 3.39. The molecule has 1 aromatic carbocycles. The van der Waals surface area contributed by atoms with Gasteiger partial charge in [-0.25, -0.2) is 4.79 Å². The van der Waals surface area contributed by atoms with E-state index in [4.69, 9.17) is 5.11 Å². The number of rotatable bonds is 4. The van der Waals surface area contributed by atoms with Gasteiger partial charge in [0.1, 0.15) is 6.04 Å². The van der Waals surface area contributed by atoms with Gasteiger partial charge in [0.25, 0.3) is 0 Å². The molecule has 1 amide bonds. The average Bonchev–Trinajstić information content (AvgIpc) is 2.70. The zero-order chi connectivity index (χ0) is 14.0. The lowest BCUT2D eigenvalue weighted by atomic mass is 10.1. The summed E-state index contributed by atoms with van der Waals surface area (Å²) in [7, 11) is 0. The second-order valence-corrected chi connectivity index (χ2v) is 5.21. The number of fused-ring (bicyclic) bond motifs is 1. The molecule has 1 heterocycles. The van der Waals surface area contributed by atoms with Crippen LogP contribution in [0.5, 0.6) is 0 Å². The Bertz CT molecular complexity index is 636. The number of carboxylic acids is 1. The van der Waals surface area contributed by atoms with Crippen molar-refractivity contribution in [2.75, 3.05) is 0 Å². The first-order valence-electron chi connectivity index (χ1n) is 5.73. The van der Waals surface area contributed by atoms with Gasteiger partial charge in [-0.15, -0.1) is 0 Å². The van der Waals surface area contributed by atoms with Gasteiger partial charge < -0.3 is 15.4 Å². The minimum atomic E-state index is -1.04. The maximum absolute atomic E-state index is 11.1. The molecule has 1 aromatic heterocycles. The molecule has 5 nitrogen and oxygen atoms in total. The van der Waals surface area contributed by atoms with Gasteiger partial charge in [-0.3, -0.25) is 4.79 Å². The summed E-state index contributed by atoms with van der Waals surface area (Å²) in [4.78, 5) is 25.2. The lowest BCUT2D eigenvalue weighted by Crippen LogP contribution is -2.41. The third kappa shape index (κ3) is 3.14. The van der Waals surface area contributed by atoms with E-state index in [0.717, 1.165) is 20.9 Å². The molecular weight excluding hydrogens is 312 g/mol. The number of carbonyl (C=O) groups is 2. The average molecular weight is 325 g/mol. The van der Waals surface area contributed by atoms with Crippen molar-refractivity contribution in [3.8, 4) is 0 Å². The van der Waals surface area contributed by atoms with E-state index in [0.29, 0.717) is 0 Å². The molecule has 0 unspecified atom stereocenters. The molecule has 0 bridgehead atoms. The Morgan fingerprint density at radius 3 is 2.84 bits per heavy atom. The van der Waals surface area contributed by atoms with Crippen molar-refractivity contribution in [3.05, 3.63) is 34.4 Å². The molecular formula is C13H13BrN2O3. The van der Waals surface area contributed by atoms with Crippen LogP contribution in [-0.4, -0.2) is 28.0 Å². The fourth-order valence-corrected chi connectivity index (χ4v) is 2.35. The normalized spacial score (nSPS) is 12.3. The summed E-state index contributed by atoms with van der Waals surface area (Å²) in [5.41, 5.74) is 1.79. The molecule has 2 aromatic rings. The number of nitrogens with one attached hydrogen (secondary N) is 2. The van der Waals surface area contributed by atoms with Crippen molar-refractivity contribution in [1.82, 2.24) is 10.3 Å². The molecule has 0 radical (unpaired) electrons. The summed E-state index contributed by atoms with van der Waals surface area (Å²) < 4.78 is 0.923. The Hall–Kier alpha value is -1.82. The van der Waals surface area contributed by atoms with Gasteiger partial charge in [0.05, 0.1) is 0 Å². The zero-order valence-electron chi connectivity index (χ0n) is 10.2. The summed E-state index contributed by atoms with van der Waals surface area (Å²) in [6.07, 6.45) is 2.01. The first-order valence-corrected chi connectivity index (χ1v) is 6.52. The van der Waals surface area contributed by atoms with E-state index in [1.54, 1.807) is 6.20 Å². The van der Waals surface area contributed by atoms with Crippen molar-refractivity contribution in [2.45, 2.75) is 19.4 Å². The molecule has 100 valence electrons. The minimum Gasteiger partial charge on any atom is -0.480 e. The molecule has 0 aliphatic rings. The highest BCUT2D eigenvalue weighted by Crippen LogP contribution is 2.23. The number of aromatic nitrogens is 1. The maximum atomic E-state index is 11.1. The summed E-state index contributed by atoms with van der Waals surface area (Å²) in [5.74, 6) is -1.40. The van der Waals surface area contributed by atoms with Crippen LogP contribution in [0.15, 0.2) is 28.9 Å². The van der Waals surface area contributed by atoms with Crippen molar-refractivity contribution >= 4 is 38.7 Å². The summed E-state index contributed by atoms with van der Waals surface area (Å²) in [6.45, 7) is 1.31. The number of hydrogen-bond donors (Lipinski definition) is 3. The zero-order valence-corrected chi connectivity index (χ0v) is 11.8. The molecule has 0 fully saturated rings. The Morgan fingerprint density at radius 2 is 2.21 bits per heavy atom. The molecule has 0 aliphatic heterocycles. The number of carbonyl (C=O) groups excluding carboxylic acids is 1. The minimum absolute atomic E-state index is 0.241. The predicted octanol–water partition coefficient (Wildman–Crippen LogP) is 2.06. The van der Waals surface area contributed by atoms with E-state index in [2.05, 4.69) is 26.2 Å². The van der Waals surface area contributed by atoms with Gasteiger partial charge in [0.2, 0.25) is 5.91 Å². The van der Waals surface area contributed by atoms with Crippen molar-refractivity contribution < 1.29 is 14.7 Å². The number of benzene rings is 1. The van der Waals surface area contributed by atoms with E-state index in [1.165, 1.54) is 6.92 Å². The number of H-pyrrole nitrogens is 1. The van der Waals surface area contributed by atoms with Crippen LogP contribution in [0.25, 0.3) is 10.9 Å². The van der Waals surface area contributed by atoms with Crippen LogP contribution in [0.3, 0.4) is 0 Å². The first kappa shape index (κ1) is 13.6. The van der Waals surface area contributed by atoms with Gasteiger partial charge in [-0.05, 0) is 23.8 Å². The Morgan fingerprint density at radius 1 is 1.47 bits per heavy atom. The quantitative estimate of drug-likeness (QED) is 0.805. The Balaban J connectivity index is 2.31. The lowest BCUT2D eigenvalue weighted by Gasteiger charge is -2.12. The van der Waals surface area contributed by atoms with Crippen LogP contribution in [0.1, 0.15) is 12.5 Å². The number of aliphatic carboxylic acids is 1. The van der Waals surface area contributed by atoms with Gasteiger partial charge in [0, 0.05) is 34.9 Å². The highest BCUT2D eigenvalue weighted by atomic mass is 79.9. The van der Waals surface area contributed by atoms with Crippen LogP contribution >= 0.6 is 15.9 Å². The fraction of sp³-hybridized carbons (Fsp3) is 0.231. The van der Waals surface area contributed by atoms with Crippen molar-refractivity contribution in [2.24, 2.45) is 0 Å². The second kappa shape index (κ2) is 5.44. The standard InChI is InChI=1S/C13H13BrN2O3/c1-7(17)16-12(13(18)19)4-8-6-15-11-3-2-9(14)5-10(8)11/h2-3,5-6,12,15H,4H2,1H3,(H,16,17)(H,18,19)/t12-/m0/s1. The molecule has 3 N–H and O–H groups in total. The van der Waals surface area contributed by atoms with Gasteiger partial charge in [-0.2, -0.15) is 0 Å². The van der Waals surface area contributed by atoms with E-state index in [-0.39, 0.29) is 12.3 Å². The highest BCUT2D eigenvalue weighted by Gasteiger charge is 2.20. The van der Waals surface area contributed by atoms with Crippen LogP contribution in [-0.2, 0) is 16.0 Å². The number of aromatic amines is 1. The van der Waals surface area contributed by atoms with Gasteiger partial charge in [-0.1, -0.05) is 15.9 Å². The van der Waals surface area contributed by atoms with Crippen LogP contribution in [0.2, 0.25) is 0 Å². The number of carboxylic acid groups (broad SMARTS) is 1. The monoisotopic (exact) mass is 324 g/mol. The van der Waals surface area contributed by atoms with E-state index >= 15 is 0 Å². The third-order valence-electron chi connectivity index (χ3n) is 2.83. The predicted molar refractivity (Wildman–Crippen MR) is 74.9 cm³/mol. The second-order valence-electron chi connectivity index (χ2n) is 4.30. The van der Waals surface area contributed by atoms with Gasteiger partial charge >= 0.3 is 5.97 Å². The number of amides is 1. The van der Waals surface area contributed by atoms with Gasteiger partial charge in [0.15, 0.2) is 0 Å². The third-order valence-corrected chi connectivity index (χ3v) is 3.32. The molecule has 0 saturated heterocycles. The molecule has 0 saturated carbocycles. The van der Waals surface area contributed by atoms with E-state index in [1.807, 2.05) is 18.2 Å². The van der Waals surface area contributed by atoms with Crippen LogP contribution < -0.4 is 5.32 Å². The first-order chi connectivity index (χ1) is 8.97. The fourth-order valence-electron chi connectivity index (χ4n) is 1.98. The molecule has 0 aliphatic carbocycles. The van der Waals surface area contributed by atoms with Crippen molar-refractivity contribution in [3.63, 3.8) is 0 Å². The maximum Gasteiger partial charge on any atom is 0.326 e. The SMILES string of the molecule is CC(=O)N[C@@H](Cc1c[nH]c2ccc(Br)cc12)C(=O)O. The largest absolute Gasteiger partial charge is 0.480 e. The number of halogens is 1. The van der Waals surface area contributed by atoms with E-state index < -0.39 is 12.0 Å². The summed E-state index contributed by atoms with van der Waals surface area (Å²) in [5, 5.41) is 12.5. The molecule has 1 atom stereocenters. The summed E-state index contributed by atoms with van der Waals surface area (Å²) in [6, 6.07) is 4.83. The smallest absolute Gasteiger partial charge is 0.326 e. The molecule has 19 heavy (non-hydrogen) atoms. The number of hydrogen-bond acceptors (Lipinski definition) is 2. The highest BCUT2D eigenvalue weighted by molar-refractivity contribution is 9.10. The molecule has 6 heteroatoms. The van der Waals surface area contributed by atoms with Crippen LogP contribution in [0.4, 0.5) is 0 Å². The Kier molecular flexibility index (Phi) is 3.90. The molecule has 2 rings (SSSR count). The topological polar surface area (TPSA) is 82.2 Å². The molecule has 0 spiro atoms. The van der Waals surface area contributed by atoms with E-state index in [9.17, 15) is 9.59 Å². The Labute approximate surface area is 118 Å². The van der Waals surface area contributed by atoms with Crippen molar-refractivity contribution in [1.29, 1.82) is 0 Å². The lowest BCUT2D eigenvalue weighted by molar-refractivity contribution is -0.141.